The number of carbonyl (C=O) groups is 4. The molecule has 2 aromatic heterocycles. The van der Waals surface area contributed by atoms with E-state index in [1.54, 1.807) is 17.3 Å². The number of piperidine rings is 1. The lowest BCUT2D eigenvalue weighted by Crippen LogP contribution is -2.57. The van der Waals surface area contributed by atoms with Crippen LogP contribution in [0.1, 0.15) is 83.8 Å². The number of hydrogen-bond donors (Lipinski definition) is 4. The Balaban J connectivity index is 1.000. The van der Waals surface area contributed by atoms with Gasteiger partial charge in [0.1, 0.15) is 30.2 Å². The normalized spacial score (nSPS) is 22.5. The van der Waals surface area contributed by atoms with Gasteiger partial charge in [0.05, 0.1) is 30.2 Å². The second-order valence-corrected chi connectivity index (χ2v) is 15.9. The number of aliphatic imine (C=N–C) groups is 1. The molecule has 6 atom stereocenters. The summed E-state index contributed by atoms with van der Waals surface area (Å²) in [7, 11) is 1.29. The van der Waals surface area contributed by atoms with E-state index in [0.29, 0.717) is 30.4 Å². The van der Waals surface area contributed by atoms with E-state index in [1.807, 2.05) is 62.9 Å². The van der Waals surface area contributed by atoms with Crippen molar-refractivity contribution in [3.63, 3.8) is 0 Å². The molecule has 6 unspecified atom stereocenters. The van der Waals surface area contributed by atoms with Crippen LogP contribution >= 0.6 is 0 Å². The highest BCUT2D eigenvalue weighted by Crippen LogP contribution is 2.45. The van der Waals surface area contributed by atoms with E-state index in [-0.39, 0.29) is 41.8 Å². The Bertz CT molecular complexity index is 2130. The maximum Gasteiger partial charge on any atom is 0.407 e. The third-order valence-electron chi connectivity index (χ3n) is 11.5. The number of aromatic amines is 1. The highest BCUT2D eigenvalue weighted by molar-refractivity contribution is 5.99. The van der Waals surface area contributed by atoms with Gasteiger partial charge in [0.15, 0.2) is 0 Å². The summed E-state index contributed by atoms with van der Waals surface area (Å²) in [6.07, 6.45) is 8.02. The van der Waals surface area contributed by atoms with Crippen LogP contribution in [0.5, 0.6) is 0 Å². The molecule has 1 saturated carbocycles. The van der Waals surface area contributed by atoms with Crippen molar-refractivity contribution in [2.24, 2.45) is 22.7 Å². The number of carbonyl (C=O) groups excluding carboxylic acids is 4. The molecule has 14 nitrogen and oxygen atoms in total. The van der Waals surface area contributed by atoms with Crippen LogP contribution in [0, 0.1) is 29.6 Å². The number of hydrogen-bond acceptors (Lipinski definition) is 9. The molecular formula is C42H50N8O6. The predicted octanol–water partition coefficient (Wildman–Crippen LogP) is 4.26. The second-order valence-electron chi connectivity index (χ2n) is 15.9. The fourth-order valence-corrected chi connectivity index (χ4v) is 8.68. The first-order valence-corrected chi connectivity index (χ1v) is 19.6. The fraction of sp³-hybridized carbons (Fsp3) is 0.500. The van der Waals surface area contributed by atoms with Crippen molar-refractivity contribution in [3.05, 3.63) is 59.8 Å². The highest BCUT2D eigenvalue weighted by Gasteiger charge is 2.51. The number of imidazole rings is 1. The van der Waals surface area contributed by atoms with Crippen molar-refractivity contribution in [2.75, 3.05) is 20.3 Å². The summed E-state index contributed by atoms with van der Waals surface area (Å²) in [5.41, 5.74) is 5.93. The number of aliphatic hydroxyl groups is 1. The topological polar surface area (TPSA) is 182 Å². The summed E-state index contributed by atoms with van der Waals surface area (Å²) in [6, 6.07) is 8.21. The molecule has 4 N–H and O–H groups in total. The molecule has 294 valence electrons. The van der Waals surface area contributed by atoms with Gasteiger partial charge in [-0.15, -0.1) is 0 Å². The molecule has 0 radical (unpaired) electrons. The van der Waals surface area contributed by atoms with Crippen LogP contribution in [-0.4, -0.2) is 104 Å². The summed E-state index contributed by atoms with van der Waals surface area (Å²) in [6.45, 7) is 7.51. The summed E-state index contributed by atoms with van der Waals surface area (Å²) < 4.78 is 4.76. The van der Waals surface area contributed by atoms with E-state index < -0.39 is 30.7 Å². The van der Waals surface area contributed by atoms with Crippen LogP contribution in [0.4, 0.5) is 4.79 Å². The molecular weight excluding hydrogens is 713 g/mol. The van der Waals surface area contributed by atoms with Gasteiger partial charge in [-0.3, -0.25) is 19.4 Å². The largest absolute Gasteiger partial charge is 0.453 e. The van der Waals surface area contributed by atoms with Crippen molar-refractivity contribution in [1.29, 1.82) is 0 Å². The van der Waals surface area contributed by atoms with Crippen LogP contribution in [0.2, 0.25) is 0 Å². The zero-order chi connectivity index (χ0) is 39.7. The molecule has 4 amide bonds. The summed E-state index contributed by atoms with van der Waals surface area (Å²) in [4.78, 5) is 72.8. The average Bonchev–Trinajstić information content (AvgIpc) is 4.05. The zero-order valence-corrected chi connectivity index (χ0v) is 32.5. The summed E-state index contributed by atoms with van der Waals surface area (Å²) >= 11 is 0. The molecule has 3 fully saturated rings. The average molecular weight is 763 g/mol. The quantitative estimate of drug-likeness (QED) is 0.221. The number of benzene rings is 1. The van der Waals surface area contributed by atoms with Crippen molar-refractivity contribution < 1.29 is 29.0 Å². The Hall–Kier alpha value is -5.55. The van der Waals surface area contributed by atoms with E-state index in [1.165, 1.54) is 7.11 Å². The van der Waals surface area contributed by atoms with Gasteiger partial charge in [0.25, 0.3) is 0 Å². The number of nitrogens with zero attached hydrogens (tertiary/aromatic N) is 5. The van der Waals surface area contributed by atoms with Crippen LogP contribution in [0.15, 0.2) is 53.3 Å². The van der Waals surface area contributed by atoms with Crippen molar-refractivity contribution >= 4 is 40.6 Å². The van der Waals surface area contributed by atoms with E-state index >= 15 is 0 Å². The third-order valence-corrected chi connectivity index (χ3v) is 11.5. The maximum absolute atomic E-state index is 13.8. The lowest BCUT2D eigenvalue weighted by molar-refractivity contribution is -0.140. The Morgan fingerprint density at radius 3 is 2.46 bits per heavy atom. The fourth-order valence-electron chi connectivity index (χ4n) is 8.68. The number of aliphatic hydroxyl groups excluding tert-OH is 1. The van der Waals surface area contributed by atoms with Gasteiger partial charge in [-0.1, -0.05) is 45.7 Å². The van der Waals surface area contributed by atoms with Crippen molar-refractivity contribution in [1.82, 2.24) is 35.4 Å². The number of fused-ring (bicyclic) bond motifs is 3. The Labute approximate surface area is 326 Å². The molecule has 3 aliphatic heterocycles. The third kappa shape index (κ3) is 7.77. The molecule has 3 aromatic rings. The standard InChI is InChI=1S/C42H50N8O6/c1-23(2)36(48-42(55)56-5)40(53)49-16-6-7-34(49)39-45-31-15-11-26(19-32(31)46-39)28-9-13-29(43-21-28)12-8-25-17-33(44-20-25)38-27-10-14-30(18-27)50(38)41(54)37(24(3)4)47-35(52)22-51/h9,11,13,15,19-21,23-24,27,30,34,36-38,51H,6-7,10,14,16-18,22H2,1-5H3,(H,45,46)(H,47,52)(H,48,55). The molecule has 14 heteroatoms. The highest BCUT2D eigenvalue weighted by atomic mass is 16.5. The number of methoxy groups -OCH3 is 1. The second kappa shape index (κ2) is 16.3. The lowest BCUT2D eigenvalue weighted by Gasteiger charge is -2.38. The smallest absolute Gasteiger partial charge is 0.407 e. The lowest BCUT2D eigenvalue weighted by atomic mass is 9.90. The number of nitrogens with one attached hydrogen (secondary N) is 3. The summed E-state index contributed by atoms with van der Waals surface area (Å²) in [5.74, 6) is 6.40. The van der Waals surface area contributed by atoms with Crippen LogP contribution in [-0.2, 0) is 19.1 Å². The Morgan fingerprint density at radius 1 is 0.982 bits per heavy atom. The Morgan fingerprint density at radius 2 is 1.75 bits per heavy atom. The Kier molecular flexibility index (Phi) is 11.3. The van der Waals surface area contributed by atoms with Gasteiger partial charge in [0, 0.05) is 48.3 Å². The minimum absolute atomic E-state index is 0.115. The van der Waals surface area contributed by atoms with E-state index in [4.69, 9.17) is 14.7 Å². The molecule has 1 aromatic carbocycles. The number of aromatic nitrogens is 3. The SMILES string of the molecule is COC(=O)NC(C(=O)N1CCCC1c1nc2ccc(-c3ccc(C#CC4=CN=C(C5C6CCC(C6)N5C(=O)C(NC(=O)CO)C(C)C)C4)nc3)cc2[nH]1)C(C)C. The molecule has 1 aliphatic carbocycles. The van der Waals surface area contributed by atoms with Gasteiger partial charge >= 0.3 is 6.09 Å². The monoisotopic (exact) mass is 762 g/mol. The molecule has 2 bridgehead atoms. The van der Waals surface area contributed by atoms with Gasteiger partial charge in [-0.25, -0.2) is 14.8 Å². The first-order chi connectivity index (χ1) is 26.9. The van der Waals surface area contributed by atoms with Crippen LogP contribution in [0.25, 0.3) is 22.2 Å². The molecule has 5 heterocycles. The minimum Gasteiger partial charge on any atom is -0.453 e. The van der Waals surface area contributed by atoms with Crippen LogP contribution < -0.4 is 10.6 Å². The van der Waals surface area contributed by atoms with Gasteiger partial charge < -0.3 is 35.3 Å². The van der Waals surface area contributed by atoms with E-state index in [9.17, 15) is 24.3 Å². The number of likely N-dealkylation sites (tertiary alicyclic amines) is 2. The number of rotatable bonds is 10. The molecule has 7 rings (SSSR count). The van der Waals surface area contributed by atoms with Crippen molar-refractivity contribution in [3.8, 4) is 23.0 Å². The number of alkyl carbamates (subject to hydrolysis) is 1. The van der Waals surface area contributed by atoms with Gasteiger partial charge in [-0.2, -0.15) is 0 Å². The molecule has 2 saturated heterocycles. The zero-order valence-electron chi connectivity index (χ0n) is 32.5. The number of pyridine rings is 1. The first-order valence-electron chi connectivity index (χ1n) is 19.6. The minimum atomic E-state index is -0.708. The number of amides is 4. The maximum atomic E-state index is 13.8. The molecule has 4 aliphatic rings. The first kappa shape index (κ1) is 38.7. The van der Waals surface area contributed by atoms with Crippen molar-refractivity contribution in [2.45, 2.75) is 96.4 Å². The molecule has 0 spiro atoms. The van der Waals surface area contributed by atoms with E-state index in [2.05, 4.69) is 32.4 Å². The van der Waals surface area contributed by atoms with Gasteiger partial charge in [0.2, 0.25) is 17.7 Å². The van der Waals surface area contributed by atoms with E-state index in [0.717, 1.165) is 65.5 Å². The molecule has 56 heavy (non-hydrogen) atoms. The number of H-pyrrole nitrogens is 1. The predicted molar refractivity (Wildman–Crippen MR) is 210 cm³/mol. The summed E-state index contributed by atoms with van der Waals surface area (Å²) in [5, 5.41) is 14.7. The van der Waals surface area contributed by atoms with Crippen LogP contribution in [0.3, 0.4) is 0 Å². The van der Waals surface area contributed by atoms with Gasteiger partial charge in [-0.05, 0) is 79.5 Å². The number of ether oxygens (including phenoxy) is 1. The number of allylic oxidation sites excluding steroid dienone is 1.